The monoisotopic (exact) mass is 218 g/mol. The van der Waals surface area contributed by atoms with Gasteiger partial charge in [-0.1, -0.05) is 0 Å². The molecular weight excluding hydrogens is 212 g/mol. The van der Waals surface area contributed by atoms with Crippen LogP contribution in [0.25, 0.3) is 0 Å². The van der Waals surface area contributed by atoms with Gasteiger partial charge in [0.25, 0.3) is 0 Å². The number of hydrogen-bond acceptors (Lipinski definition) is 4. The molecule has 1 aliphatic rings. The molecule has 0 saturated carbocycles. The third kappa shape index (κ3) is 2.31. The molecule has 1 saturated heterocycles. The van der Waals surface area contributed by atoms with Crippen LogP contribution in [0.5, 0.6) is 0 Å². The van der Waals surface area contributed by atoms with Crippen LogP contribution in [0.4, 0.5) is 0 Å². The standard InChI is InChI=1S/C4H7ClO4S2/c5-11(8,9)4-1-2-10(6,7)3-4/h4H,1-3H2. The lowest BCUT2D eigenvalue weighted by atomic mass is 10.4. The molecule has 0 aromatic heterocycles. The zero-order valence-corrected chi connectivity index (χ0v) is 7.92. The smallest absolute Gasteiger partial charge is 0.229 e. The molecule has 0 bridgehead atoms. The van der Waals surface area contributed by atoms with E-state index in [1.54, 1.807) is 0 Å². The Balaban J connectivity index is 2.87. The summed E-state index contributed by atoms with van der Waals surface area (Å²) in [5, 5.41) is -0.894. The Labute approximate surface area is 69.9 Å². The molecule has 1 aliphatic heterocycles. The lowest BCUT2D eigenvalue weighted by molar-refractivity contribution is 0.594. The van der Waals surface area contributed by atoms with E-state index in [1.807, 2.05) is 0 Å². The maximum Gasteiger partial charge on any atom is 0.236 e. The highest BCUT2D eigenvalue weighted by atomic mass is 35.7. The van der Waals surface area contributed by atoms with Crippen LogP contribution in [-0.2, 0) is 18.9 Å². The van der Waals surface area contributed by atoms with E-state index < -0.39 is 24.1 Å². The van der Waals surface area contributed by atoms with Gasteiger partial charge in [0.05, 0.1) is 16.8 Å². The van der Waals surface area contributed by atoms with Crippen molar-refractivity contribution < 1.29 is 16.8 Å². The van der Waals surface area contributed by atoms with Crippen LogP contribution in [0.2, 0.25) is 0 Å². The molecular formula is C4H7ClO4S2. The van der Waals surface area contributed by atoms with Crippen molar-refractivity contribution in [1.82, 2.24) is 0 Å². The predicted octanol–water partition coefficient (Wildman–Crippen LogP) is -0.258. The molecule has 4 nitrogen and oxygen atoms in total. The third-order valence-electron chi connectivity index (χ3n) is 1.59. The van der Waals surface area contributed by atoms with Crippen molar-refractivity contribution in [2.75, 3.05) is 11.5 Å². The molecule has 0 spiro atoms. The SMILES string of the molecule is O=S1(=O)CCC(S(=O)(=O)Cl)C1. The summed E-state index contributed by atoms with van der Waals surface area (Å²) in [5.74, 6) is -0.386. The van der Waals surface area contributed by atoms with Crippen molar-refractivity contribution in [2.24, 2.45) is 0 Å². The lowest BCUT2D eigenvalue weighted by Crippen LogP contribution is -2.17. The molecule has 66 valence electrons. The van der Waals surface area contributed by atoms with Gasteiger partial charge in [-0.25, -0.2) is 16.8 Å². The van der Waals surface area contributed by atoms with Gasteiger partial charge in [-0.05, 0) is 6.42 Å². The number of sulfone groups is 1. The summed E-state index contributed by atoms with van der Waals surface area (Å²) < 4.78 is 42.8. The predicted molar refractivity (Wildman–Crippen MR) is 41.8 cm³/mol. The van der Waals surface area contributed by atoms with Crippen LogP contribution in [0.3, 0.4) is 0 Å². The Kier molecular flexibility index (Phi) is 2.19. The second-order valence-corrected chi connectivity index (χ2v) is 7.64. The van der Waals surface area contributed by atoms with Crippen LogP contribution >= 0.6 is 10.7 Å². The minimum Gasteiger partial charge on any atom is -0.229 e. The molecule has 1 heterocycles. The average molecular weight is 219 g/mol. The van der Waals surface area contributed by atoms with Crippen molar-refractivity contribution in [3.63, 3.8) is 0 Å². The van der Waals surface area contributed by atoms with E-state index in [4.69, 9.17) is 10.7 Å². The summed E-state index contributed by atoms with van der Waals surface area (Å²) in [5.41, 5.74) is 0. The Morgan fingerprint density at radius 3 is 2.09 bits per heavy atom. The molecule has 1 unspecified atom stereocenters. The number of rotatable bonds is 1. The summed E-state index contributed by atoms with van der Waals surface area (Å²) in [4.78, 5) is 0. The van der Waals surface area contributed by atoms with Crippen molar-refractivity contribution in [2.45, 2.75) is 11.7 Å². The molecule has 0 amide bonds. The van der Waals surface area contributed by atoms with E-state index in [-0.39, 0.29) is 17.9 Å². The van der Waals surface area contributed by atoms with Crippen LogP contribution in [0.1, 0.15) is 6.42 Å². The third-order valence-corrected chi connectivity index (χ3v) is 5.52. The molecule has 0 radical (unpaired) electrons. The van der Waals surface area contributed by atoms with E-state index in [9.17, 15) is 16.8 Å². The highest BCUT2D eigenvalue weighted by Gasteiger charge is 2.35. The molecule has 7 heteroatoms. The normalized spacial score (nSPS) is 30.5. The van der Waals surface area contributed by atoms with E-state index in [2.05, 4.69) is 0 Å². The molecule has 1 fully saturated rings. The fraction of sp³-hybridized carbons (Fsp3) is 1.00. The Morgan fingerprint density at radius 2 is 1.91 bits per heavy atom. The van der Waals surface area contributed by atoms with Crippen LogP contribution < -0.4 is 0 Å². The Morgan fingerprint density at radius 1 is 1.36 bits per heavy atom. The van der Waals surface area contributed by atoms with Gasteiger partial charge >= 0.3 is 0 Å². The first kappa shape index (κ1) is 9.28. The highest BCUT2D eigenvalue weighted by molar-refractivity contribution is 8.14. The number of hydrogen-bond donors (Lipinski definition) is 0. The summed E-state index contributed by atoms with van der Waals surface area (Å²) in [6.45, 7) is 0. The quantitative estimate of drug-likeness (QED) is 0.569. The fourth-order valence-electron chi connectivity index (χ4n) is 0.983. The summed E-state index contributed by atoms with van der Waals surface area (Å²) in [7, 11) is -1.85. The first-order valence-corrected chi connectivity index (χ1v) is 7.14. The molecule has 1 rings (SSSR count). The zero-order valence-electron chi connectivity index (χ0n) is 5.53. The molecule has 0 aromatic rings. The van der Waals surface area contributed by atoms with E-state index in [1.165, 1.54) is 0 Å². The minimum absolute atomic E-state index is 0.0659. The summed E-state index contributed by atoms with van der Waals surface area (Å²) in [6, 6.07) is 0. The molecule has 11 heavy (non-hydrogen) atoms. The van der Waals surface area contributed by atoms with Gasteiger partial charge in [-0.3, -0.25) is 0 Å². The summed E-state index contributed by atoms with van der Waals surface area (Å²) in [6.07, 6.45) is 0.133. The van der Waals surface area contributed by atoms with E-state index >= 15 is 0 Å². The summed E-state index contributed by atoms with van der Waals surface area (Å²) >= 11 is 0. The van der Waals surface area contributed by atoms with Gasteiger partial charge in [0, 0.05) is 10.7 Å². The van der Waals surface area contributed by atoms with Gasteiger partial charge in [0.1, 0.15) is 0 Å². The largest absolute Gasteiger partial charge is 0.236 e. The van der Waals surface area contributed by atoms with Crippen molar-refractivity contribution in [3.8, 4) is 0 Å². The topological polar surface area (TPSA) is 68.3 Å². The first-order valence-electron chi connectivity index (χ1n) is 2.95. The van der Waals surface area contributed by atoms with Crippen molar-refractivity contribution in [3.05, 3.63) is 0 Å². The highest BCUT2D eigenvalue weighted by Crippen LogP contribution is 2.21. The Hall–Kier alpha value is 0.190. The van der Waals surface area contributed by atoms with E-state index in [0.29, 0.717) is 0 Å². The van der Waals surface area contributed by atoms with Gasteiger partial charge < -0.3 is 0 Å². The second-order valence-electron chi connectivity index (χ2n) is 2.50. The minimum atomic E-state index is -3.68. The molecule has 0 N–H and O–H groups in total. The number of halogens is 1. The van der Waals surface area contributed by atoms with Gasteiger partial charge in [-0.2, -0.15) is 0 Å². The van der Waals surface area contributed by atoms with Crippen LogP contribution in [0.15, 0.2) is 0 Å². The van der Waals surface area contributed by atoms with Crippen molar-refractivity contribution in [1.29, 1.82) is 0 Å². The van der Waals surface area contributed by atoms with E-state index in [0.717, 1.165) is 0 Å². The maximum absolute atomic E-state index is 10.8. The van der Waals surface area contributed by atoms with Crippen LogP contribution in [-0.4, -0.2) is 33.6 Å². The first-order chi connectivity index (χ1) is 4.81. The fourth-order valence-corrected chi connectivity index (χ4v) is 5.08. The Bertz CT molecular complexity index is 340. The molecule has 1 atom stereocenters. The van der Waals surface area contributed by atoms with Gasteiger partial charge in [0.2, 0.25) is 9.05 Å². The zero-order chi connectivity index (χ0) is 8.70. The molecule has 0 aliphatic carbocycles. The maximum atomic E-state index is 10.8. The van der Waals surface area contributed by atoms with Gasteiger partial charge in [-0.15, -0.1) is 0 Å². The van der Waals surface area contributed by atoms with Crippen molar-refractivity contribution >= 4 is 29.6 Å². The van der Waals surface area contributed by atoms with Gasteiger partial charge in [0.15, 0.2) is 9.84 Å². The van der Waals surface area contributed by atoms with Crippen LogP contribution in [0, 0.1) is 0 Å². The average Bonchev–Trinajstić information content (AvgIpc) is 2.07. The second kappa shape index (κ2) is 2.60. The lowest BCUT2D eigenvalue weighted by Gasteiger charge is -1.99. The molecule has 0 aromatic carbocycles.